The Morgan fingerprint density at radius 2 is 1.59 bits per heavy atom. The van der Waals surface area contributed by atoms with Crippen molar-refractivity contribution in [1.29, 1.82) is 0 Å². The summed E-state index contributed by atoms with van der Waals surface area (Å²) in [6, 6.07) is 15.3. The van der Waals surface area contributed by atoms with Crippen molar-refractivity contribution in [2.75, 3.05) is 5.73 Å². The Balaban J connectivity index is 2.08. The molecule has 1 atom stereocenters. The van der Waals surface area contributed by atoms with Crippen LogP contribution in [-0.4, -0.2) is 5.11 Å². The van der Waals surface area contributed by atoms with Crippen molar-refractivity contribution < 1.29 is 5.11 Å². The molecule has 0 radical (unpaired) electrons. The normalized spacial score (nSPS) is 12.4. The van der Waals surface area contributed by atoms with Crippen LogP contribution in [-0.2, 0) is 6.42 Å². The van der Waals surface area contributed by atoms with Gasteiger partial charge >= 0.3 is 0 Å². The van der Waals surface area contributed by atoms with Gasteiger partial charge in [-0.1, -0.05) is 40.2 Å². The van der Waals surface area contributed by atoms with Gasteiger partial charge in [-0.05, 0) is 35.4 Å². The number of halogens is 1. The Labute approximate surface area is 109 Å². The molecule has 2 rings (SSSR count). The monoisotopic (exact) mass is 291 g/mol. The van der Waals surface area contributed by atoms with Gasteiger partial charge in [0.15, 0.2) is 0 Å². The number of nitrogens with two attached hydrogens (primary N) is 1. The van der Waals surface area contributed by atoms with E-state index in [4.69, 9.17) is 5.73 Å². The van der Waals surface area contributed by atoms with Gasteiger partial charge in [-0.3, -0.25) is 0 Å². The highest BCUT2D eigenvalue weighted by atomic mass is 79.9. The first kappa shape index (κ1) is 12.1. The van der Waals surface area contributed by atoms with Gasteiger partial charge in [0, 0.05) is 16.6 Å². The fourth-order valence-electron chi connectivity index (χ4n) is 1.68. The van der Waals surface area contributed by atoms with Crippen LogP contribution in [0.1, 0.15) is 17.2 Å². The third kappa shape index (κ3) is 3.32. The minimum absolute atomic E-state index is 0.489. The molecule has 3 N–H and O–H groups in total. The molecule has 0 bridgehead atoms. The minimum Gasteiger partial charge on any atom is -0.399 e. The third-order valence-corrected chi connectivity index (χ3v) is 3.19. The van der Waals surface area contributed by atoms with E-state index in [1.807, 2.05) is 36.4 Å². The summed E-state index contributed by atoms with van der Waals surface area (Å²) in [5.74, 6) is 0. The van der Waals surface area contributed by atoms with Crippen molar-refractivity contribution in [3.8, 4) is 0 Å². The number of aliphatic hydroxyl groups is 1. The average molecular weight is 292 g/mol. The van der Waals surface area contributed by atoms with E-state index in [1.165, 1.54) is 0 Å². The van der Waals surface area contributed by atoms with Crippen LogP contribution < -0.4 is 5.73 Å². The zero-order valence-corrected chi connectivity index (χ0v) is 10.9. The summed E-state index contributed by atoms with van der Waals surface area (Å²) in [6.45, 7) is 0. The van der Waals surface area contributed by atoms with Gasteiger partial charge in [-0.2, -0.15) is 0 Å². The first-order valence-corrected chi connectivity index (χ1v) is 6.22. The van der Waals surface area contributed by atoms with Crippen molar-refractivity contribution in [3.63, 3.8) is 0 Å². The van der Waals surface area contributed by atoms with Crippen LogP contribution in [0.5, 0.6) is 0 Å². The maximum atomic E-state index is 10.1. The van der Waals surface area contributed by atoms with Crippen molar-refractivity contribution >= 4 is 21.6 Å². The number of anilines is 1. The van der Waals surface area contributed by atoms with Crippen LogP contribution >= 0.6 is 15.9 Å². The van der Waals surface area contributed by atoms with Crippen LogP contribution in [0, 0.1) is 0 Å². The molecule has 17 heavy (non-hydrogen) atoms. The second-order valence-corrected chi connectivity index (χ2v) is 4.93. The number of hydrogen-bond donors (Lipinski definition) is 2. The Hall–Kier alpha value is -1.32. The summed E-state index contributed by atoms with van der Waals surface area (Å²) < 4.78 is 1.04. The molecule has 2 aromatic rings. The highest BCUT2D eigenvalue weighted by Crippen LogP contribution is 2.20. The molecular formula is C14H14BrNO. The lowest BCUT2D eigenvalue weighted by atomic mass is 10.0. The predicted octanol–water partition coefficient (Wildman–Crippen LogP) is 3.31. The summed E-state index contributed by atoms with van der Waals surface area (Å²) in [5.41, 5.74) is 8.32. The van der Waals surface area contributed by atoms with Gasteiger partial charge in [0.25, 0.3) is 0 Å². The summed E-state index contributed by atoms with van der Waals surface area (Å²) in [5, 5.41) is 10.1. The van der Waals surface area contributed by atoms with Crippen LogP contribution in [0.25, 0.3) is 0 Å². The Bertz CT molecular complexity index is 479. The molecule has 88 valence electrons. The molecule has 0 aliphatic carbocycles. The van der Waals surface area contributed by atoms with E-state index in [-0.39, 0.29) is 0 Å². The lowest BCUT2D eigenvalue weighted by Crippen LogP contribution is -2.01. The Morgan fingerprint density at radius 3 is 2.18 bits per heavy atom. The molecule has 1 unspecified atom stereocenters. The van der Waals surface area contributed by atoms with Gasteiger partial charge in [-0.25, -0.2) is 0 Å². The van der Waals surface area contributed by atoms with Gasteiger partial charge < -0.3 is 10.8 Å². The molecule has 0 fully saturated rings. The van der Waals surface area contributed by atoms with Crippen molar-refractivity contribution in [1.82, 2.24) is 0 Å². The van der Waals surface area contributed by atoms with E-state index >= 15 is 0 Å². The number of hydrogen-bond acceptors (Lipinski definition) is 2. The summed E-state index contributed by atoms with van der Waals surface area (Å²) in [6.07, 6.45) is 0.119. The number of nitrogen functional groups attached to an aromatic ring is 1. The SMILES string of the molecule is Nc1ccc(C(O)Cc2ccc(Br)cc2)cc1. The highest BCUT2D eigenvalue weighted by molar-refractivity contribution is 9.10. The fraction of sp³-hybridized carbons (Fsp3) is 0.143. The van der Waals surface area contributed by atoms with Crippen LogP contribution in [0.2, 0.25) is 0 Å². The minimum atomic E-state index is -0.489. The lowest BCUT2D eigenvalue weighted by molar-refractivity contribution is 0.178. The maximum absolute atomic E-state index is 10.1. The second kappa shape index (κ2) is 5.34. The maximum Gasteiger partial charge on any atom is 0.0830 e. The fourth-order valence-corrected chi connectivity index (χ4v) is 1.94. The largest absolute Gasteiger partial charge is 0.399 e. The molecule has 2 nitrogen and oxygen atoms in total. The predicted molar refractivity (Wildman–Crippen MR) is 73.7 cm³/mol. The zero-order chi connectivity index (χ0) is 12.3. The molecule has 0 aliphatic heterocycles. The van der Waals surface area contributed by atoms with Crippen LogP contribution in [0.4, 0.5) is 5.69 Å². The summed E-state index contributed by atoms with van der Waals surface area (Å²) in [7, 11) is 0. The number of rotatable bonds is 3. The third-order valence-electron chi connectivity index (χ3n) is 2.66. The van der Waals surface area contributed by atoms with Crippen LogP contribution in [0.3, 0.4) is 0 Å². The molecule has 0 aromatic heterocycles. The summed E-state index contributed by atoms with van der Waals surface area (Å²) >= 11 is 3.39. The van der Waals surface area contributed by atoms with Gasteiger partial charge in [-0.15, -0.1) is 0 Å². The molecule has 0 aliphatic rings. The zero-order valence-electron chi connectivity index (χ0n) is 9.31. The van der Waals surface area contributed by atoms with E-state index in [9.17, 15) is 5.11 Å². The van der Waals surface area contributed by atoms with E-state index in [0.717, 1.165) is 15.6 Å². The molecule has 0 amide bonds. The Kier molecular flexibility index (Phi) is 3.82. The van der Waals surface area contributed by atoms with E-state index in [1.54, 1.807) is 12.1 Å². The van der Waals surface area contributed by atoms with Crippen molar-refractivity contribution in [2.45, 2.75) is 12.5 Å². The average Bonchev–Trinajstić information content (AvgIpc) is 2.33. The molecule has 0 heterocycles. The van der Waals surface area contributed by atoms with Gasteiger partial charge in [0.05, 0.1) is 6.10 Å². The van der Waals surface area contributed by atoms with E-state index < -0.39 is 6.10 Å². The smallest absolute Gasteiger partial charge is 0.0830 e. The standard InChI is InChI=1S/C14H14BrNO/c15-12-5-1-10(2-6-12)9-14(17)11-3-7-13(16)8-4-11/h1-8,14,17H,9,16H2. The summed E-state index contributed by atoms with van der Waals surface area (Å²) in [4.78, 5) is 0. The first-order chi connectivity index (χ1) is 8.15. The van der Waals surface area contributed by atoms with Gasteiger partial charge in [0.2, 0.25) is 0 Å². The van der Waals surface area contributed by atoms with Crippen molar-refractivity contribution in [2.24, 2.45) is 0 Å². The molecule has 0 spiro atoms. The first-order valence-electron chi connectivity index (χ1n) is 5.43. The van der Waals surface area contributed by atoms with E-state index in [0.29, 0.717) is 12.1 Å². The number of benzene rings is 2. The van der Waals surface area contributed by atoms with Crippen LogP contribution in [0.15, 0.2) is 53.0 Å². The Morgan fingerprint density at radius 1 is 1.00 bits per heavy atom. The van der Waals surface area contributed by atoms with E-state index in [2.05, 4.69) is 15.9 Å². The van der Waals surface area contributed by atoms with Crippen molar-refractivity contribution in [3.05, 3.63) is 64.1 Å². The number of aliphatic hydroxyl groups excluding tert-OH is 1. The quantitative estimate of drug-likeness (QED) is 0.853. The molecule has 0 saturated carbocycles. The second-order valence-electron chi connectivity index (χ2n) is 4.01. The molecule has 0 saturated heterocycles. The molecule has 2 aromatic carbocycles. The molecular weight excluding hydrogens is 278 g/mol. The van der Waals surface area contributed by atoms with Gasteiger partial charge in [0.1, 0.15) is 0 Å². The highest BCUT2D eigenvalue weighted by Gasteiger charge is 2.08. The molecule has 3 heteroatoms. The topological polar surface area (TPSA) is 46.2 Å². The lowest BCUT2D eigenvalue weighted by Gasteiger charge is -2.11.